The van der Waals surface area contributed by atoms with Crippen molar-refractivity contribution >= 4 is 0 Å². The molecule has 3 atom stereocenters. The number of nitrogens with zero attached hydrogens (tertiary/aromatic N) is 2. The van der Waals surface area contributed by atoms with Crippen molar-refractivity contribution in [1.82, 2.24) is 15.1 Å². The zero-order chi connectivity index (χ0) is 13.0. The van der Waals surface area contributed by atoms with Crippen LogP contribution in [0.3, 0.4) is 0 Å². The highest BCUT2D eigenvalue weighted by molar-refractivity contribution is 4.84. The fourth-order valence-electron chi connectivity index (χ4n) is 3.41. The van der Waals surface area contributed by atoms with E-state index < -0.39 is 0 Å². The number of hydrogen-bond acceptors (Lipinski definition) is 4. The Morgan fingerprint density at radius 2 is 2.00 bits per heavy atom. The minimum atomic E-state index is 0.373. The number of nitrogens with two attached hydrogens (primary N) is 1. The maximum absolute atomic E-state index is 6.45. The van der Waals surface area contributed by atoms with E-state index in [-0.39, 0.29) is 0 Å². The molecule has 2 fully saturated rings. The Morgan fingerprint density at radius 3 is 2.67 bits per heavy atom. The van der Waals surface area contributed by atoms with Gasteiger partial charge in [-0.15, -0.1) is 0 Å². The summed E-state index contributed by atoms with van der Waals surface area (Å²) < 4.78 is 0. The highest BCUT2D eigenvalue weighted by Gasteiger charge is 2.26. The number of piperidine rings is 1. The highest BCUT2D eigenvalue weighted by atomic mass is 15.2. The van der Waals surface area contributed by atoms with Gasteiger partial charge in [0.2, 0.25) is 0 Å². The first kappa shape index (κ1) is 14.3. The number of rotatable bonds is 4. The Labute approximate surface area is 112 Å². The highest BCUT2D eigenvalue weighted by Crippen LogP contribution is 2.21. The van der Waals surface area contributed by atoms with Gasteiger partial charge in [-0.1, -0.05) is 0 Å². The molecule has 4 heteroatoms. The molecule has 3 N–H and O–H groups in total. The molecule has 4 nitrogen and oxygen atoms in total. The largest absolute Gasteiger partial charge is 0.327 e. The van der Waals surface area contributed by atoms with E-state index in [0.29, 0.717) is 18.0 Å². The molecule has 0 saturated carbocycles. The van der Waals surface area contributed by atoms with E-state index in [9.17, 15) is 0 Å². The summed E-state index contributed by atoms with van der Waals surface area (Å²) in [7, 11) is 2.22. The lowest BCUT2D eigenvalue weighted by atomic mass is 9.87. The van der Waals surface area contributed by atoms with Crippen molar-refractivity contribution in [3.05, 3.63) is 0 Å². The second-order valence-corrected chi connectivity index (χ2v) is 6.20. The molecule has 0 amide bonds. The number of likely N-dealkylation sites (tertiary alicyclic amines) is 1. The summed E-state index contributed by atoms with van der Waals surface area (Å²) in [4.78, 5) is 5.02. The fourth-order valence-corrected chi connectivity index (χ4v) is 3.41. The molecule has 0 aliphatic carbocycles. The Hall–Kier alpha value is -0.160. The van der Waals surface area contributed by atoms with Crippen molar-refractivity contribution in [2.24, 2.45) is 11.7 Å². The Bertz CT molecular complexity index is 240. The predicted octanol–water partition coefficient (Wildman–Crippen LogP) is 0.339. The maximum Gasteiger partial charge on any atom is 0.0110 e. The van der Waals surface area contributed by atoms with Crippen LogP contribution in [-0.4, -0.2) is 68.2 Å². The van der Waals surface area contributed by atoms with Gasteiger partial charge in [0.05, 0.1) is 0 Å². The summed E-state index contributed by atoms with van der Waals surface area (Å²) in [6, 6.07) is 1.01. The summed E-state index contributed by atoms with van der Waals surface area (Å²) in [5.74, 6) is 0.703. The van der Waals surface area contributed by atoms with E-state index >= 15 is 0 Å². The number of piperazine rings is 1. The van der Waals surface area contributed by atoms with Crippen molar-refractivity contribution in [3.8, 4) is 0 Å². The van der Waals surface area contributed by atoms with Crippen LogP contribution in [0, 0.1) is 5.92 Å². The van der Waals surface area contributed by atoms with Crippen LogP contribution >= 0.6 is 0 Å². The third-order valence-corrected chi connectivity index (χ3v) is 4.65. The van der Waals surface area contributed by atoms with Gasteiger partial charge in [0.15, 0.2) is 0 Å². The Morgan fingerprint density at radius 1 is 1.28 bits per heavy atom. The smallest absolute Gasteiger partial charge is 0.0110 e. The van der Waals surface area contributed by atoms with E-state index in [0.717, 1.165) is 19.5 Å². The lowest BCUT2D eigenvalue weighted by molar-refractivity contribution is 0.138. The standard InChI is InChI=1S/C14H30N4/c1-12(18-8-5-16-6-9-18)10-14(15)13-4-3-7-17(2)11-13/h12-14,16H,3-11,15H2,1-2H3. The van der Waals surface area contributed by atoms with E-state index in [2.05, 4.69) is 29.1 Å². The molecule has 2 rings (SSSR count). The molecule has 2 aliphatic heterocycles. The zero-order valence-electron chi connectivity index (χ0n) is 12.1. The first-order valence-corrected chi connectivity index (χ1v) is 7.55. The minimum Gasteiger partial charge on any atom is -0.327 e. The van der Waals surface area contributed by atoms with Crippen LogP contribution in [0.2, 0.25) is 0 Å². The normalized spacial score (nSPS) is 31.2. The molecule has 0 aromatic rings. The lowest BCUT2D eigenvalue weighted by Crippen LogP contribution is -2.50. The molecule has 0 aromatic heterocycles. The molecule has 106 valence electrons. The Balaban J connectivity index is 1.76. The van der Waals surface area contributed by atoms with E-state index in [1.807, 2.05) is 0 Å². The van der Waals surface area contributed by atoms with Crippen LogP contribution < -0.4 is 11.1 Å². The van der Waals surface area contributed by atoms with Crippen molar-refractivity contribution in [1.29, 1.82) is 0 Å². The fraction of sp³-hybridized carbons (Fsp3) is 1.00. The monoisotopic (exact) mass is 254 g/mol. The zero-order valence-corrected chi connectivity index (χ0v) is 12.1. The van der Waals surface area contributed by atoms with Crippen molar-refractivity contribution < 1.29 is 0 Å². The maximum atomic E-state index is 6.45. The average molecular weight is 254 g/mol. The molecule has 18 heavy (non-hydrogen) atoms. The predicted molar refractivity (Wildman–Crippen MR) is 76.7 cm³/mol. The van der Waals surface area contributed by atoms with Crippen LogP contribution in [0.15, 0.2) is 0 Å². The molecule has 0 spiro atoms. The van der Waals surface area contributed by atoms with Crippen molar-refractivity contribution in [2.75, 3.05) is 46.3 Å². The van der Waals surface area contributed by atoms with Crippen LogP contribution in [0.1, 0.15) is 26.2 Å². The van der Waals surface area contributed by atoms with E-state index in [1.165, 1.54) is 39.0 Å². The molecule has 2 heterocycles. The van der Waals surface area contributed by atoms with E-state index in [4.69, 9.17) is 5.73 Å². The van der Waals surface area contributed by atoms with Crippen LogP contribution in [0.4, 0.5) is 0 Å². The first-order valence-electron chi connectivity index (χ1n) is 7.55. The second-order valence-electron chi connectivity index (χ2n) is 6.20. The Kier molecular flexibility index (Phi) is 5.42. The van der Waals surface area contributed by atoms with Gasteiger partial charge in [-0.25, -0.2) is 0 Å². The quantitative estimate of drug-likeness (QED) is 0.759. The SMILES string of the molecule is CC(CC(N)C1CCCN(C)C1)N1CCNCC1. The molecular weight excluding hydrogens is 224 g/mol. The summed E-state index contributed by atoms with van der Waals surface area (Å²) >= 11 is 0. The van der Waals surface area contributed by atoms with Crippen molar-refractivity contribution in [3.63, 3.8) is 0 Å². The van der Waals surface area contributed by atoms with Gasteiger partial charge in [0, 0.05) is 44.8 Å². The van der Waals surface area contributed by atoms with Gasteiger partial charge >= 0.3 is 0 Å². The van der Waals surface area contributed by atoms with Gasteiger partial charge in [-0.3, -0.25) is 4.90 Å². The number of hydrogen-bond donors (Lipinski definition) is 2. The van der Waals surface area contributed by atoms with E-state index in [1.54, 1.807) is 0 Å². The lowest BCUT2D eigenvalue weighted by Gasteiger charge is -2.38. The minimum absolute atomic E-state index is 0.373. The third kappa shape index (κ3) is 3.92. The van der Waals surface area contributed by atoms with Gasteiger partial charge < -0.3 is 16.0 Å². The molecule has 0 radical (unpaired) electrons. The van der Waals surface area contributed by atoms with Crippen molar-refractivity contribution in [2.45, 2.75) is 38.3 Å². The first-order chi connectivity index (χ1) is 8.66. The topological polar surface area (TPSA) is 44.5 Å². The molecule has 2 aliphatic rings. The molecule has 2 saturated heterocycles. The summed E-state index contributed by atoms with van der Waals surface area (Å²) in [6.07, 6.45) is 3.79. The summed E-state index contributed by atoms with van der Waals surface area (Å²) in [5, 5.41) is 3.41. The summed E-state index contributed by atoms with van der Waals surface area (Å²) in [5.41, 5.74) is 6.45. The molecule has 0 aromatic carbocycles. The third-order valence-electron chi connectivity index (χ3n) is 4.65. The summed E-state index contributed by atoms with van der Waals surface area (Å²) in [6.45, 7) is 9.40. The van der Waals surface area contributed by atoms with Gasteiger partial charge in [0.1, 0.15) is 0 Å². The van der Waals surface area contributed by atoms with Gasteiger partial charge in [0.25, 0.3) is 0 Å². The molecular formula is C14H30N4. The number of nitrogens with one attached hydrogen (secondary N) is 1. The molecule has 3 unspecified atom stereocenters. The van der Waals surface area contributed by atoms with Gasteiger partial charge in [-0.2, -0.15) is 0 Å². The second kappa shape index (κ2) is 6.85. The molecule has 0 bridgehead atoms. The van der Waals surface area contributed by atoms with Crippen LogP contribution in [-0.2, 0) is 0 Å². The van der Waals surface area contributed by atoms with Gasteiger partial charge in [-0.05, 0) is 45.7 Å². The van der Waals surface area contributed by atoms with Crippen LogP contribution in [0.5, 0.6) is 0 Å². The van der Waals surface area contributed by atoms with Crippen LogP contribution in [0.25, 0.3) is 0 Å². The average Bonchev–Trinajstić information content (AvgIpc) is 2.39.